The predicted octanol–water partition coefficient (Wildman–Crippen LogP) is -0.00110. The summed E-state index contributed by atoms with van der Waals surface area (Å²) in [6.07, 6.45) is 0. The number of sulfonamides is 2. The van der Waals surface area contributed by atoms with Crippen molar-refractivity contribution in [2.24, 2.45) is 0 Å². The third-order valence-electron chi connectivity index (χ3n) is 3.37. The highest BCUT2D eigenvalue weighted by molar-refractivity contribution is 7.89. The van der Waals surface area contributed by atoms with E-state index in [9.17, 15) is 16.8 Å². The van der Waals surface area contributed by atoms with Gasteiger partial charge in [0.25, 0.3) is 0 Å². The zero-order valence-corrected chi connectivity index (χ0v) is 14.8. The molecule has 0 amide bonds. The van der Waals surface area contributed by atoms with Gasteiger partial charge in [0.1, 0.15) is 0 Å². The summed E-state index contributed by atoms with van der Waals surface area (Å²) in [6, 6.07) is 5.34. The first-order chi connectivity index (χ1) is 9.77. The van der Waals surface area contributed by atoms with Crippen molar-refractivity contribution in [2.75, 3.05) is 26.7 Å². The number of benzene rings is 1. The maximum absolute atomic E-state index is 12.5. The van der Waals surface area contributed by atoms with Crippen LogP contribution in [0.3, 0.4) is 0 Å². The Morgan fingerprint density at radius 3 is 2.18 bits per heavy atom. The summed E-state index contributed by atoms with van der Waals surface area (Å²) in [5, 5.41) is 3.18. The first-order valence-corrected chi connectivity index (χ1v) is 9.47. The molecule has 0 aromatic heterocycles. The second kappa shape index (κ2) is 7.24. The quantitative estimate of drug-likeness (QED) is 0.778. The highest BCUT2D eigenvalue weighted by Gasteiger charge is 2.28. The first-order valence-electron chi connectivity index (χ1n) is 6.54. The molecule has 1 fully saturated rings. The first kappa shape index (κ1) is 19.3. The van der Waals surface area contributed by atoms with Gasteiger partial charge in [-0.25, -0.2) is 21.6 Å². The normalized spacial score (nSPS) is 20.4. The van der Waals surface area contributed by atoms with Gasteiger partial charge in [0.05, 0.1) is 9.79 Å². The number of piperazine rings is 1. The van der Waals surface area contributed by atoms with Crippen LogP contribution < -0.4 is 10.0 Å². The van der Waals surface area contributed by atoms with Crippen LogP contribution in [0.1, 0.15) is 6.92 Å². The molecule has 1 heterocycles. The van der Waals surface area contributed by atoms with Gasteiger partial charge in [0.2, 0.25) is 20.0 Å². The number of nitrogens with one attached hydrogen (secondary N) is 2. The van der Waals surface area contributed by atoms with Crippen LogP contribution in [0.15, 0.2) is 34.1 Å². The molecule has 0 radical (unpaired) electrons. The largest absolute Gasteiger partial charge is 0.312 e. The van der Waals surface area contributed by atoms with Crippen LogP contribution in [-0.4, -0.2) is 53.9 Å². The number of hydrogen-bond donors (Lipinski definition) is 2. The monoisotopic (exact) mass is 369 g/mol. The van der Waals surface area contributed by atoms with Crippen LogP contribution in [0.4, 0.5) is 0 Å². The molecule has 1 aliphatic rings. The molecule has 22 heavy (non-hydrogen) atoms. The van der Waals surface area contributed by atoms with Crippen molar-refractivity contribution < 1.29 is 16.8 Å². The summed E-state index contributed by atoms with van der Waals surface area (Å²) in [4.78, 5) is 0.143. The molecule has 1 aromatic rings. The maximum atomic E-state index is 12.5. The summed E-state index contributed by atoms with van der Waals surface area (Å²) < 4.78 is 51.8. The molecule has 0 unspecified atom stereocenters. The van der Waals surface area contributed by atoms with E-state index in [0.29, 0.717) is 19.6 Å². The fraction of sp³-hybridized carbons (Fsp3) is 0.500. The lowest BCUT2D eigenvalue weighted by molar-refractivity contribution is 0.310. The average Bonchev–Trinajstić information content (AvgIpc) is 2.47. The van der Waals surface area contributed by atoms with Crippen LogP contribution in [-0.2, 0) is 20.0 Å². The molecule has 126 valence electrons. The lowest BCUT2D eigenvalue weighted by Crippen LogP contribution is -2.51. The third kappa shape index (κ3) is 3.98. The standard InChI is InChI=1S/C12H19N3O4S2.ClH/c1-10-9-15(8-7-14-10)21(18,19)12-5-3-11(4-6-12)20(16,17)13-2;/h3-6,10,13-14H,7-9H2,1-2H3;1H/t10-;/m0./s1. The van der Waals surface area contributed by atoms with Gasteiger partial charge in [-0.1, -0.05) is 0 Å². The van der Waals surface area contributed by atoms with Gasteiger partial charge >= 0.3 is 0 Å². The van der Waals surface area contributed by atoms with E-state index in [1.54, 1.807) is 0 Å². The second-order valence-corrected chi connectivity index (χ2v) is 8.72. The Labute approximate surface area is 137 Å². The minimum atomic E-state index is -3.59. The molecule has 10 heteroatoms. The molecule has 1 atom stereocenters. The van der Waals surface area contributed by atoms with E-state index in [1.807, 2.05) is 6.92 Å². The second-order valence-electron chi connectivity index (χ2n) is 4.90. The predicted molar refractivity (Wildman–Crippen MR) is 86.2 cm³/mol. The summed E-state index contributed by atoms with van der Waals surface area (Å²) >= 11 is 0. The molecular formula is C12H20ClN3O4S2. The molecule has 2 N–H and O–H groups in total. The van der Waals surface area contributed by atoms with E-state index in [-0.39, 0.29) is 28.2 Å². The summed E-state index contributed by atoms with van der Waals surface area (Å²) in [6.45, 7) is 3.33. The number of halogens is 1. The zero-order chi connectivity index (χ0) is 15.7. The molecule has 1 aliphatic heterocycles. The number of rotatable bonds is 4. The molecule has 0 spiro atoms. The van der Waals surface area contributed by atoms with Crippen molar-refractivity contribution in [1.29, 1.82) is 0 Å². The smallest absolute Gasteiger partial charge is 0.243 e. The minimum Gasteiger partial charge on any atom is -0.312 e. The van der Waals surface area contributed by atoms with Gasteiger partial charge in [0.15, 0.2) is 0 Å². The lowest BCUT2D eigenvalue weighted by atomic mass is 10.3. The van der Waals surface area contributed by atoms with E-state index < -0.39 is 20.0 Å². The molecule has 1 saturated heterocycles. The summed E-state index contributed by atoms with van der Waals surface area (Å²) in [5.41, 5.74) is 0. The Bertz CT molecular complexity index is 704. The van der Waals surface area contributed by atoms with E-state index in [0.717, 1.165) is 0 Å². The van der Waals surface area contributed by atoms with Gasteiger partial charge < -0.3 is 5.32 Å². The highest BCUT2D eigenvalue weighted by atomic mass is 35.5. The van der Waals surface area contributed by atoms with E-state index in [1.165, 1.54) is 35.6 Å². The van der Waals surface area contributed by atoms with Crippen molar-refractivity contribution in [2.45, 2.75) is 22.8 Å². The minimum absolute atomic E-state index is 0. The maximum Gasteiger partial charge on any atom is 0.243 e. The molecule has 1 aromatic carbocycles. The van der Waals surface area contributed by atoms with E-state index >= 15 is 0 Å². The van der Waals surface area contributed by atoms with Gasteiger partial charge in [0, 0.05) is 25.7 Å². The Morgan fingerprint density at radius 1 is 1.14 bits per heavy atom. The highest BCUT2D eigenvalue weighted by Crippen LogP contribution is 2.19. The van der Waals surface area contributed by atoms with Gasteiger partial charge in [-0.2, -0.15) is 4.31 Å². The number of hydrogen-bond acceptors (Lipinski definition) is 5. The van der Waals surface area contributed by atoms with Crippen LogP contribution >= 0.6 is 12.4 Å². The Hall–Kier alpha value is -0.710. The van der Waals surface area contributed by atoms with Crippen LogP contribution in [0.2, 0.25) is 0 Å². The zero-order valence-electron chi connectivity index (χ0n) is 12.3. The Kier molecular flexibility index (Phi) is 6.36. The van der Waals surface area contributed by atoms with Crippen molar-refractivity contribution in [3.63, 3.8) is 0 Å². The van der Waals surface area contributed by atoms with Gasteiger partial charge in [-0.3, -0.25) is 0 Å². The lowest BCUT2D eigenvalue weighted by Gasteiger charge is -2.31. The van der Waals surface area contributed by atoms with Crippen LogP contribution in [0.25, 0.3) is 0 Å². The fourth-order valence-electron chi connectivity index (χ4n) is 2.17. The van der Waals surface area contributed by atoms with E-state index in [4.69, 9.17) is 0 Å². The van der Waals surface area contributed by atoms with Gasteiger partial charge in [-0.05, 0) is 38.2 Å². The van der Waals surface area contributed by atoms with Crippen LogP contribution in [0, 0.1) is 0 Å². The molecule has 0 aliphatic carbocycles. The van der Waals surface area contributed by atoms with Crippen molar-refractivity contribution in [3.05, 3.63) is 24.3 Å². The molecule has 2 rings (SSSR count). The van der Waals surface area contributed by atoms with Crippen molar-refractivity contribution in [1.82, 2.24) is 14.3 Å². The van der Waals surface area contributed by atoms with Crippen molar-refractivity contribution in [3.8, 4) is 0 Å². The summed E-state index contributed by atoms with van der Waals surface area (Å²) in [5.74, 6) is 0. The molecule has 0 bridgehead atoms. The average molecular weight is 370 g/mol. The number of nitrogens with zero attached hydrogens (tertiary/aromatic N) is 1. The SMILES string of the molecule is CNS(=O)(=O)c1ccc(S(=O)(=O)N2CCN[C@@H](C)C2)cc1.Cl. The van der Waals surface area contributed by atoms with Crippen LogP contribution in [0.5, 0.6) is 0 Å². The molecule has 7 nitrogen and oxygen atoms in total. The Balaban J connectivity index is 0.00000242. The third-order valence-corrected chi connectivity index (χ3v) is 6.68. The molecule has 0 saturated carbocycles. The Morgan fingerprint density at radius 2 is 1.68 bits per heavy atom. The summed E-state index contributed by atoms with van der Waals surface area (Å²) in [7, 11) is -5.84. The van der Waals surface area contributed by atoms with Gasteiger partial charge in [-0.15, -0.1) is 12.4 Å². The molecular weight excluding hydrogens is 350 g/mol. The van der Waals surface area contributed by atoms with Crippen molar-refractivity contribution >= 4 is 32.5 Å². The fourth-order valence-corrected chi connectivity index (χ4v) is 4.43. The topological polar surface area (TPSA) is 95.6 Å². The van der Waals surface area contributed by atoms with E-state index in [2.05, 4.69) is 10.0 Å².